The van der Waals surface area contributed by atoms with Crippen LogP contribution in [0.3, 0.4) is 0 Å². The molecule has 45 heavy (non-hydrogen) atoms. The molecule has 0 spiro atoms. The average Bonchev–Trinajstić information content (AvgIpc) is 2.92. The monoisotopic (exact) mass is 609 g/mol. The minimum absolute atomic E-state index is 0.0583. The molecule has 3 atom stereocenters. The number of aryl methyl sites for hydroxylation is 5. The van der Waals surface area contributed by atoms with Crippen molar-refractivity contribution in [3.63, 3.8) is 0 Å². The van der Waals surface area contributed by atoms with Crippen LogP contribution in [0.2, 0.25) is 0 Å². The van der Waals surface area contributed by atoms with Crippen molar-refractivity contribution in [2.24, 2.45) is 44.3 Å². The smallest absolute Gasteiger partial charge is 0.0108 e. The quantitative estimate of drug-likeness (QED) is 0.254. The van der Waals surface area contributed by atoms with Crippen LogP contribution in [0.5, 0.6) is 0 Å². The Kier molecular flexibility index (Phi) is 7.56. The normalized spacial score (nSPS) is 28.0. The molecule has 3 aromatic carbocycles. The summed E-state index contributed by atoms with van der Waals surface area (Å²) in [4.78, 5) is 0. The van der Waals surface area contributed by atoms with Gasteiger partial charge in [-0.1, -0.05) is 76.2 Å². The lowest BCUT2D eigenvalue weighted by Gasteiger charge is -2.76. The van der Waals surface area contributed by atoms with Crippen LogP contribution in [0.1, 0.15) is 145 Å². The zero-order valence-corrected chi connectivity index (χ0v) is 33.3. The molecule has 3 unspecified atom stereocenters. The van der Waals surface area contributed by atoms with E-state index in [2.05, 4.69) is 138 Å². The molecular weight excluding hydrogens is 540 g/mol. The van der Waals surface area contributed by atoms with Gasteiger partial charge < -0.3 is 0 Å². The largest absolute Gasteiger partial charge is 0.0596 e. The van der Waals surface area contributed by atoms with E-state index in [0.717, 1.165) is 6.42 Å². The Morgan fingerprint density at radius 1 is 0.400 bits per heavy atom. The van der Waals surface area contributed by atoms with E-state index >= 15 is 0 Å². The lowest BCUT2D eigenvalue weighted by atomic mass is 9.28. The Labute approximate surface area is 278 Å². The van der Waals surface area contributed by atoms with Crippen molar-refractivity contribution in [3.05, 3.63) is 55.6 Å². The van der Waals surface area contributed by atoms with E-state index < -0.39 is 0 Å². The number of hydrogen-bond acceptors (Lipinski definition) is 0. The molecule has 0 aliphatic heterocycles. The Balaban J connectivity index is 2.00. The number of benzene rings is 3. The zero-order valence-electron chi connectivity index (χ0n) is 33.3. The van der Waals surface area contributed by atoms with Gasteiger partial charge in [0.25, 0.3) is 0 Å². The van der Waals surface area contributed by atoms with Crippen molar-refractivity contribution in [1.29, 1.82) is 0 Å². The van der Waals surface area contributed by atoms with Crippen LogP contribution in [-0.2, 0) is 6.42 Å². The maximum Gasteiger partial charge on any atom is -0.0108 e. The fraction of sp³-hybridized carbons (Fsp3) is 0.689. The van der Waals surface area contributed by atoms with Gasteiger partial charge in [0.2, 0.25) is 0 Å². The topological polar surface area (TPSA) is 0 Å². The van der Waals surface area contributed by atoms with Crippen molar-refractivity contribution >= 4 is 21.5 Å². The van der Waals surface area contributed by atoms with Crippen LogP contribution in [0.25, 0.3) is 21.5 Å². The van der Waals surface area contributed by atoms with Crippen molar-refractivity contribution in [3.8, 4) is 0 Å². The van der Waals surface area contributed by atoms with E-state index in [0.29, 0.717) is 22.7 Å². The van der Waals surface area contributed by atoms with Crippen LogP contribution >= 0.6 is 0 Å². The fourth-order valence-corrected chi connectivity index (χ4v) is 12.4. The lowest BCUT2D eigenvalue weighted by Crippen LogP contribution is -2.71. The van der Waals surface area contributed by atoms with Gasteiger partial charge in [-0.2, -0.15) is 0 Å². The van der Waals surface area contributed by atoms with E-state index in [1.54, 1.807) is 16.3 Å². The minimum Gasteiger partial charge on any atom is -0.0596 e. The first-order valence-corrected chi connectivity index (χ1v) is 18.2. The van der Waals surface area contributed by atoms with Crippen molar-refractivity contribution < 1.29 is 0 Å². The Bertz CT molecular complexity index is 1670. The highest BCUT2D eigenvalue weighted by atomic mass is 14.8. The molecule has 0 heteroatoms. The van der Waals surface area contributed by atoms with Gasteiger partial charge >= 0.3 is 0 Å². The number of fused-ring (bicyclic) bond motifs is 3. The van der Waals surface area contributed by atoms with Crippen molar-refractivity contribution in [2.45, 2.75) is 158 Å². The SMILES string of the molecule is Cc1c(C)c(C)c2c(CC3(C)C(C)(C)C4C(C(C)(C)CCC4(C)C)C(C)(C)C3(C)C)c3c(C)c(C)c(C)c(C)c3c(C)c2c1C. The Morgan fingerprint density at radius 2 is 0.711 bits per heavy atom. The van der Waals surface area contributed by atoms with E-state index in [-0.39, 0.29) is 21.7 Å². The molecule has 0 aromatic heterocycles. The van der Waals surface area contributed by atoms with Crippen LogP contribution < -0.4 is 0 Å². The molecule has 0 radical (unpaired) electrons. The molecule has 3 aromatic rings. The lowest BCUT2D eigenvalue weighted by molar-refractivity contribution is -0.283. The number of hydrogen-bond donors (Lipinski definition) is 0. The highest BCUT2D eigenvalue weighted by Crippen LogP contribution is 2.78. The van der Waals surface area contributed by atoms with Crippen molar-refractivity contribution in [1.82, 2.24) is 0 Å². The molecule has 2 aliphatic carbocycles. The standard InChI is InChI=1S/C45H68/c1-24-26(3)30(7)36-33(37-31(8)27(4)25(2)29(6)35(37)32(9)34(36)28(24)5)23-45(20)43(16,17)39-38(42(14,15)44(45,18)19)40(10,11)21-22-41(39,12)13/h38-39H,21-23H2,1-20H3. The first-order chi connectivity index (χ1) is 20.2. The first-order valence-electron chi connectivity index (χ1n) is 18.2. The highest BCUT2D eigenvalue weighted by molar-refractivity contribution is 6.11. The summed E-state index contributed by atoms with van der Waals surface area (Å²) in [7, 11) is 0. The summed E-state index contributed by atoms with van der Waals surface area (Å²) in [5.74, 6) is 1.31. The molecule has 0 saturated heterocycles. The summed E-state index contributed by atoms with van der Waals surface area (Å²) in [6.07, 6.45) is 3.75. The minimum atomic E-state index is 0.0583. The third kappa shape index (κ3) is 4.08. The molecule has 2 fully saturated rings. The molecule has 2 saturated carbocycles. The van der Waals surface area contributed by atoms with Crippen LogP contribution in [0.4, 0.5) is 0 Å². The van der Waals surface area contributed by atoms with Gasteiger partial charge in [-0.3, -0.25) is 0 Å². The second-order valence-electron chi connectivity index (χ2n) is 19.6. The molecule has 2 aliphatic rings. The van der Waals surface area contributed by atoms with Gasteiger partial charge in [-0.15, -0.1) is 0 Å². The summed E-state index contributed by atoms with van der Waals surface area (Å²) in [6.45, 7) is 50.7. The second-order valence-corrected chi connectivity index (χ2v) is 19.6. The molecule has 5 rings (SSSR count). The Morgan fingerprint density at radius 3 is 1.07 bits per heavy atom. The number of rotatable bonds is 2. The molecule has 0 amide bonds. The molecule has 0 N–H and O–H groups in total. The molecule has 248 valence electrons. The fourth-order valence-electron chi connectivity index (χ4n) is 12.4. The summed E-state index contributed by atoms with van der Waals surface area (Å²) in [5.41, 5.74) is 16.0. The summed E-state index contributed by atoms with van der Waals surface area (Å²) in [5, 5.41) is 6.16. The molecule has 0 bridgehead atoms. The maximum absolute atomic E-state index is 2.73. The zero-order chi connectivity index (χ0) is 34.4. The second kappa shape index (κ2) is 9.86. The predicted molar refractivity (Wildman–Crippen MR) is 201 cm³/mol. The summed E-state index contributed by atoms with van der Waals surface area (Å²) >= 11 is 0. The average molecular weight is 609 g/mol. The van der Waals surface area contributed by atoms with Crippen LogP contribution in [0.15, 0.2) is 0 Å². The third-order valence-electron chi connectivity index (χ3n) is 16.7. The predicted octanol–water partition coefficient (Wildman–Crippen LogP) is 13.5. The Hall–Kier alpha value is -1.82. The first kappa shape index (κ1) is 34.5. The van der Waals surface area contributed by atoms with Gasteiger partial charge in [-0.25, -0.2) is 0 Å². The summed E-state index contributed by atoms with van der Waals surface area (Å²) in [6, 6.07) is 0. The van der Waals surface area contributed by atoms with E-state index in [9.17, 15) is 0 Å². The van der Waals surface area contributed by atoms with E-state index in [1.165, 1.54) is 73.7 Å². The van der Waals surface area contributed by atoms with Gasteiger partial charge in [-0.05, 0) is 203 Å². The molecule has 0 heterocycles. The van der Waals surface area contributed by atoms with Gasteiger partial charge in [0.1, 0.15) is 0 Å². The maximum atomic E-state index is 2.73. The van der Waals surface area contributed by atoms with Crippen LogP contribution in [-0.4, -0.2) is 0 Å². The van der Waals surface area contributed by atoms with E-state index in [4.69, 9.17) is 0 Å². The van der Waals surface area contributed by atoms with Gasteiger partial charge in [0.15, 0.2) is 0 Å². The third-order valence-corrected chi connectivity index (χ3v) is 16.7. The van der Waals surface area contributed by atoms with Crippen LogP contribution in [0, 0.1) is 107 Å². The van der Waals surface area contributed by atoms with Crippen molar-refractivity contribution in [2.75, 3.05) is 0 Å². The summed E-state index contributed by atoms with van der Waals surface area (Å²) < 4.78 is 0. The molecular formula is C45H68. The highest BCUT2D eigenvalue weighted by Gasteiger charge is 2.72. The van der Waals surface area contributed by atoms with Gasteiger partial charge in [0, 0.05) is 0 Å². The van der Waals surface area contributed by atoms with E-state index in [1.807, 2.05) is 0 Å². The van der Waals surface area contributed by atoms with Gasteiger partial charge in [0.05, 0.1) is 0 Å². The molecule has 0 nitrogen and oxygen atoms in total.